The standard InChI is InChI=1S/C12H16O3/c1-8(2)9-6-5-7-10(11(9)14-3)12(13)15-4/h5-8H,1-4H3. The van der Waals surface area contributed by atoms with Gasteiger partial charge in [-0.1, -0.05) is 26.0 Å². The zero-order chi connectivity index (χ0) is 11.4. The Morgan fingerprint density at radius 2 is 1.93 bits per heavy atom. The molecule has 0 heterocycles. The van der Waals surface area contributed by atoms with E-state index in [-0.39, 0.29) is 5.97 Å². The van der Waals surface area contributed by atoms with Crippen LogP contribution in [0.15, 0.2) is 18.2 Å². The molecular weight excluding hydrogens is 192 g/mol. The van der Waals surface area contributed by atoms with E-state index < -0.39 is 0 Å². The molecule has 0 aliphatic rings. The predicted molar refractivity (Wildman–Crippen MR) is 58.4 cm³/mol. The third kappa shape index (κ3) is 2.29. The second-order valence-corrected chi connectivity index (χ2v) is 3.57. The van der Waals surface area contributed by atoms with Crippen molar-refractivity contribution in [3.05, 3.63) is 29.3 Å². The minimum atomic E-state index is -0.366. The van der Waals surface area contributed by atoms with Gasteiger partial charge >= 0.3 is 5.97 Å². The van der Waals surface area contributed by atoms with E-state index in [9.17, 15) is 4.79 Å². The van der Waals surface area contributed by atoms with E-state index in [1.807, 2.05) is 12.1 Å². The van der Waals surface area contributed by atoms with Crippen LogP contribution >= 0.6 is 0 Å². The minimum absolute atomic E-state index is 0.310. The Balaban J connectivity index is 3.28. The molecule has 0 radical (unpaired) electrons. The van der Waals surface area contributed by atoms with Gasteiger partial charge in [-0.25, -0.2) is 4.79 Å². The lowest BCUT2D eigenvalue weighted by molar-refractivity contribution is 0.0597. The lowest BCUT2D eigenvalue weighted by Crippen LogP contribution is -2.06. The summed E-state index contributed by atoms with van der Waals surface area (Å²) in [6, 6.07) is 5.50. The number of para-hydroxylation sites is 1. The van der Waals surface area contributed by atoms with Crippen LogP contribution in [-0.2, 0) is 4.74 Å². The molecule has 0 bridgehead atoms. The van der Waals surface area contributed by atoms with Gasteiger partial charge in [0.1, 0.15) is 11.3 Å². The van der Waals surface area contributed by atoms with Crippen molar-refractivity contribution >= 4 is 5.97 Å². The quantitative estimate of drug-likeness (QED) is 0.716. The monoisotopic (exact) mass is 208 g/mol. The van der Waals surface area contributed by atoms with Gasteiger partial charge in [0.2, 0.25) is 0 Å². The maximum absolute atomic E-state index is 11.5. The Kier molecular flexibility index (Phi) is 3.72. The number of methoxy groups -OCH3 is 2. The molecule has 0 aromatic heterocycles. The van der Waals surface area contributed by atoms with E-state index in [2.05, 4.69) is 13.8 Å². The first-order chi connectivity index (χ1) is 7.11. The molecule has 1 aromatic rings. The first-order valence-electron chi connectivity index (χ1n) is 4.87. The molecule has 0 spiro atoms. The zero-order valence-corrected chi connectivity index (χ0v) is 9.53. The van der Waals surface area contributed by atoms with Crippen LogP contribution in [0.3, 0.4) is 0 Å². The summed E-state index contributed by atoms with van der Waals surface area (Å²) in [5, 5.41) is 0. The van der Waals surface area contributed by atoms with Crippen LogP contribution in [0.2, 0.25) is 0 Å². The number of carbonyl (C=O) groups is 1. The highest BCUT2D eigenvalue weighted by Crippen LogP contribution is 2.30. The van der Waals surface area contributed by atoms with Gasteiger partial charge in [-0.05, 0) is 17.5 Å². The maximum Gasteiger partial charge on any atom is 0.341 e. The molecule has 15 heavy (non-hydrogen) atoms. The molecule has 0 saturated heterocycles. The van der Waals surface area contributed by atoms with Gasteiger partial charge < -0.3 is 9.47 Å². The highest BCUT2D eigenvalue weighted by Gasteiger charge is 2.17. The molecule has 3 nitrogen and oxygen atoms in total. The van der Waals surface area contributed by atoms with Gasteiger partial charge in [-0.3, -0.25) is 0 Å². The number of hydrogen-bond donors (Lipinski definition) is 0. The Morgan fingerprint density at radius 3 is 2.40 bits per heavy atom. The predicted octanol–water partition coefficient (Wildman–Crippen LogP) is 2.61. The molecule has 0 aliphatic carbocycles. The second-order valence-electron chi connectivity index (χ2n) is 3.57. The van der Waals surface area contributed by atoms with E-state index in [0.29, 0.717) is 17.2 Å². The third-order valence-electron chi connectivity index (χ3n) is 2.28. The molecule has 0 aliphatic heterocycles. The summed E-state index contributed by atoms with van der Waals surface area (Å²) in [5.74, 6) is 0.554. The highest BCUT2D eigenvalue weighted by atomic mass is 16.5. The Morgan fingerprint density at radius 1 is 1.27 bits per heavy atom. The average Bonchev–Trinajstić information content (AvgIpc) is 2.26. The zero-order valence-electron chi connectivity index (χ0n) is 9.53. The summed E-state index contributed by atoms with van der Waals surface area (Å²) in [6.07, 6.45) is 0. The van der Waals surface area contributed by atoms with Gasteiger partial charge in [-0.15, -0.1) is 0 Å². The van der Waals surface area contributed by atoms with E-state index in [1.165, 1.54) is 7.11 Å². The number of carbonyl (C=O) groups excluding carboxylic acids is 1. The van der Waals surface area contributed by atoms with Crippen LogP contribution in [0.4, 0.5) is 0 Å². The first kappa shape index (κ1) is 11.6. The SMILES string of the molecule is COC(=O)c1cccc(C(C)C)c1OC. The van der Waals surface area contributed by atoms with Crippen LogP contribution in [0.5, 0.6) is 5.75 Å². The van der Waals surface area contributed by atoms with E-state index in [0.717, 1.165) is 5.56 Å². The molecule has 3 heteroatoms. The molecule has 0 fully saturated rings. The molecule has 0 N–H and O–H groups in total. The first-order valence-corrected chi connectivity index (χ1v) is 4.87. The van der Waals surface area contributed by atoms with Crippen LogP contribution < -0.4 is 4.74 Å². The largest absolute Gasteiger partial charge is 0.496 e. The van der Waals surface area contributed by atoms with Crippen LogP contribution in [0.25, 0.3) is 0 Å². The number of rotatable bonds is 3. The Labute approximate surface area is 90.0 Å². The lowest BCUT2D eigenvalue weighted by Gasteiger charge is -2.14. The molecule has 0 amide bonds. The van der Waals surface area contributed by atoms with Crippen molar-refractivity contribution in [2.75, 3.05) is 14.2 Å². The number of esters is 1. The second kappa shape index (κ2) is 4.82. The summed E-state index contributed by atoms with van der Waals surface area (Å²) in [7, 11) is 2.93. The fraction of sp³-hybridized carbons (Fsp3) is 0.417. The fourth-order valence-electron chi connectivity index (χ4n) is 1.51. The Hall–Kier alpha value is -1.51. The van der Waals surface area contributed by atoms with Gasteiger partial charge in [0.15, 0.2) is 0 Å². The summed E-state index contributed by atoms with van der Waals surface area (Å²) in [4.78, 5) is 11.5. The van der Waals surface area contributed by atoms with Crippen molar-refractivity contribution in [2.45, 2.75) is 19.8 Å². The highest BCUT2D eigenvalue weighted by molar-refractivity contribution is 5.93. The van der Waals surface area contributed by atoms with Crippen molar-refractivity contribution in [1.29, 1.82) is 0 Å². The normalized spacial score (nSPS) is 10.2. The average molecular weight is 208 g/mol. The van der Waals surface area contributed by atoms with Crippen molar-refractivity contribution in [1.82, 2.24) is 0 Å². The van der Waals surface area contributed by atoms with E-state index >= 15 is 0 Å². The van der Waals surface area contributed by atoms with Crippen LogP contribution in [0, 0.1) is 0 Å². The smallest absolute Gasteiger partial charge is 0.341 e. The van der Waals surface area contributed by atoms with Crippen molar-refractivity contribution in [2.24, 2.45) is 0 Å². The fourth-order valence-corrected chi connectivity index (χ4v) is 1.51. The number of hydrogen-bond acceptors (Lipinski definition) is 3. The summed E-state index contributed by atoms with van der Waals surface area (Å²) in [5.41, 5.74) is 1.49. The van der Waals surface area contributed by atoms with Crippen molar-refractivity contribution in [3.63, 3.8) is 0 Å². The lowest BCUT2D eigenvalue weighted by atomic mass is 9.99. The van der Waals surface area contributed by atoms with Crippen LogP contribution in [0.1, 0.15) is 35.7 Å². The molecule has 0 unspecified atom stereocenters. The molecule has 1 aromatic carbocycles. The summed E-state index contributed by atoms with van der Waals surface area (Å²) >= 11 is 0. The van der Waals surface area contributed by atoms with Gasteiger partial charge in [0, 0.05) is 0 Å². The summed E-state index contributed by atoms with van der Waals surface area (Å²) in [6.45, 7) is 4.11. The van der Waals surface area contributed by atoms with Gasteiger partial charge in [-0.2, -0.15) is 0 Å². The third-order valence-corrected chi connectivity index (χ3v) is 2.28. The maximum atomic E-state index is 11.5. The van der Waals surface area contributed by atoms with Crippen molar-refractivity contribution < 1.29 is 14.3 Å². The minimum Gasteiger partial charge on any atom is -0.496 e. The van der Waals surface area contributed by atoms with Gasteiger partial charge in [0.25, 0.3) is 0 Å². The molecule has 0 saturated carbocycles. The Bertz CT molecular complexity index is 356. The van der Waals surface area contributed by atoms with Gasteiger partial charge in [0.05, 0.1) is 14.2 Å². The van der Waals surface area contributed by atoms with E-state index in [1.54, 1.807) is 13.2 Å². The molecule has 0 atom stereocenters. The summed E-state index contributed by atoms with van der Waals surface area (Å²) < 4.78 is 9.95. The van der Waals surface area contributed by atoms with Crippen molar-refractivity contribution in [3.8, 4) is 5.75 Å². The molecule has 1 rings (SSSR count). The number of ether oxygens (including phenoxy) is 2. The number of benzene rings is 1. The van der Waals surface area contributed by atoms with E-state index in [4.69, 9.17) is 9.47 Å². The topological polar surface area (TPSA) is 35.5 Å². The molecular formula is C12H16O3. The van der Waals surface area contributed by atoms with Crippen LogP contribution in [-0.4, -0.2) is 20.2 Å². The molecule has 82 valence electrons.